The number of hydrogen-bond donors (Lipinski definition) is 0. The zero-order valence-corrected chi connectivity index (χ0v) is 12.0. The molecule has 0 bridgehead atoms. The van der Waals surface area contributed by atoms with Gasteiger partial charge in [-0.3, -0.25) is 10.1 Å². The molecule has 0 amide bonds. The number of nitro benzene ring substituents is 1. The molecule has 0 radical (unpaired) electrons. The molecule has 0 aliphatic rings. The highest BCUT2D eigenvalue weighted by atomic mass is 19.1. The van der Waals surface area contributed by atoms with Crippen LogP contribution < -0.4 is 9.64 Å². The van der Waals surface area contributed by atoms with Gasteiger partial charge in [0, 0.05) is 25.7 Å². The fraction of sp³-hybridized carbons (Fsp3) is 0.200. The normalized spacial score (nSPS) is 10.4. The van der Waals surface area contributed by atoms with E-state index in [0.29, 0.717) is 5.56 Å². The maximum absolute atomic E-state index is 13.7. The van der Waals surface area contributed by atoms with Crippen molar-refractivity contribution in [1.82, 2.24) is 0 Å². The molecule has 7 heteroatoms. The minimum Gasteiger partial charge on any atom is -0.494 e. The zero-order valence-electron chi connectivity index (χ0n) is 12.0. The van der Waals surface area contributed by atoms with Gasteiger partial charge >= 0.3 is 0 Å². The number of benzene rings is 2. The second kappa shape index (κ2) is 6.38. The first-order valence-electron chi connectivity index (χ1n) is 6.40. The summed E-state index contributed by atoms with van der Waals surface area (Å²) in [5.41, 5.74) is 0.499. The molecule has 0 spiro atoms. The van der Waals surface area contributed by atoms with E-state index in [9.17, 15) is 18.9 Å². The van der Waals surface area contributed by atoms with E-state index >= 15 is 0 Å². The number of hydrogen-bond acceptors (Lipinski definition) is 4. The summed E-state index contributed by atoms with van der Waals surface area (Å²) in [6.45, 7) is 0.186. The molecule has 0 N–H and O–H groups in total. The Bertz CT molecular complexity index is 707. The van der Waals surface area contributed by atoms with E-state index in [2.05, 4.69) is 0 Å². The summed E-state index contributed by atoms with van der Waals surface area (Å²) >= 11 is 0. The van der Waals surface area contributed by atoms with E-state index in [0.717, 1.165) is 18.2 Å². The van der Waals surface area contributed by atoms with Crippen molar-refractivity contribution in [1.29, 1.82) is 0 Å². The van der Waals surface area contributed by atoms with Crippen molar-refractivity contribution in [2.24, 2.45) is 0 Å². The predicted molar refractivity (Wildman–Crippen MR) is 78.1 cm³/mol. The summed E-state index contributed by atoms with van der Waals surface area (Å²) < 4.78 is 31.8. The van der Waals surface area contributed by atoms with Gasteiger partial charge in [-0.2, -0.15) is 0 Å². The lowest BCUT2D eigenvalue weighted by molar-refractivity contribution is -0.384. The third-order valence-electron chi connectivity index (χ3n) is 3.18. The van der Waals surface area contributed by atoms with Crippen LogP contribution in [0.4, 0.5) is 20.2 Å². The molecule has 0 unspecified atom stereocenters. The van der Waals surface area contributed by atoms with Crippen LogP contribution >= 0.6 is 0 Å². The third-order valence-corrected chi connectivity index (χ3v) is 3.18. The Labute approximate surface area is 125 Å². The Morgan fingerprint density at radius 3 is 2.55 bits per heavy atom. The van der Waals surface area contributed by atoms with Crippen molar-refractivity contribution >= 4 is 11.4 Å². The van der Waals surface area contributed by atoms with E-state index in [1.807, 2.05) is 0 Å². The van der Waals surface area contributed by atoms with E-state index in [-0.39, 0.29) is 23.7 Å². The van der Waals surface area contributed by atoms with Crippen LogP contribution in [0.3, 0.4) is 0 Å². The molecule has 0 aliphatic heterocycles. The lowest BCUT2D eigenvalue weighted by Gasteiger charge is -2.19. The molecular formula is C15H14F2N2O3. The fourth-order valence-electron chi connectivity index (χ4n) is 2.12. The molecule has 0 heterocycles. The van der Waals surface area contributed by atoms with Crippen LogP contribution in [0.1, 0.15) is 5.56 Å². The first-order chi connectivity index (χ1) is 10.4. The van der Waals surface area contributed by atoms with E-state index in [1.165, 1.54) is 24.1 Å². The Morgan fingerprint density at radius 2 is 1.95 bits per heavy atom. The third kappa shape index (κ3) is 3.30. The molecule has 2 aromatic carbocycles. The molecule has 0 aliphatic carbocycles. The number of ether oxygens (including phenoxy) is 1. The smallest absolute Gasteiger partial charge is 0.292 e. The zero-order chi connectivity index (χ0) is 16.3. The summed E-state index contributed by atoms with van der Waals surface area (Å²) in [6, 6.07) is 7.61. The maximum atomic E-state index is 13.7. The van der Waals surface area contributed by atoms with Crippen LogP contribution in [0.5, 0.6) is 5.75 Å². The molecule has 0 saturated carbocycles. The van der Waals surface area contributed by atoms with Gasteiger partial charge in [0.05, 0.1) is 12.0 Å². The molecule has 2 aromatic rings. The Morgan fingerprint density at radius 1 is 1.23 bits per heavy atom. The average molecular weight is 308 g/mol. The number of halogens is 2. The lowest BCUT2D eigenvalue weighted by Crippen LogP contribution is -2.18. The van der Waals surface area contributed by atoms with Gasteiger partial charge in [0.15, 0.2) is 11.6 Å². The highest BCUT2D eigenvalue weighted by Gasteiger charge is 2.18. The number of nitro groups is 1. The van der Waals surface area contributed by atoms with E-state index < -0.39 is 16.6 Å². The molecule has 22 heavy (non-hydrogen) atoms. The van der Waals surface area contributed by atoms with Crippen molar-refractivity contribution in [3.05, 3.63) is 63.7 Å². The molecule has 0 fully saturated rings. The summed E-state index contributed by atoms with van der Waals surface area (Å²) in [6.07, 6.45) is 0. The van der Waals surface area contributed by atoms with Gasteiger partial charge in [-0.25, -0.2) is 8.78 Å². The van der Waals surface area contributed by atoms with Crippen molar-refractivity contribution in [3.8, 4) is 5.75 Å². The quantitative estimate of drug-likeness (QED) is 0.626. The predicted octanol–water partition coefficient (Wildman–Crippen LogP) is 3.52. The van der Waals surface area contributed by atoms with Gasteiger partial charge < -0.3 is 9.64 Å². The van der Waals surface area contributed by atoms with Crippen LogP contribution in [0.25, 0.3) is 0 Å². The van der Waals surface area contributed by atoms with Crippen LogP contribution in [-0.2, 0) is 6.54 Å². The van der Waals surface area contributed by atoms with Gasteiger partial charge in [0.2, 0.25) is 0 Å². The second-order valence-electron chi connectivity index (χ2n) is 4.72. The van der Waals surface area contributed by atoms with E-state index in [1.54, 1.807) is 13.1 Å². The minimum absolute atomic E-state index is 0.114. The second-order valence-corrected chi connectivity index (χ2v) is 4.72. The van der Waals surface area contributed by atoms with Gasteiger partial charge in [-0.15, -0.1) is 0 Å². The summed E-state index contributed by atoms with van der Waals surface area (Å²) in [5.74, 6) is -0.987. The van der Waals surface area contributed by atoms with Gasteiger partial charge in [-0.1, -0.05) is 6.07 Å². The minimum atomic E-state index is -0.583. The lowest BCUT2D eigenvalue weighted by atomic mass is 10.1. The maximum Gasteiger partial charge on any atom is 0.292 e. The SMILES string of the molecule is COc1ccc(CN(C)c2cc(F)ccc2[N+](=O)[O-])cc1F. The standard InChI is InChI=1S/C15H14F2N2O3/c1-18(9-10-3-6-15(22-2)12(17)7-10)14-8-11(16)4-5-13(14)19(20)21/h3-8H,9H2,1-2H3. The van der Waals surface area contributed by atoms with Gasteiger partial charge in [-0.05, 0) is 23.8 Å². The first kappa shape index (κ1) is 15.7. The average Bonchev–Trinajstić information content (AvgIpc) is 2.47. The number of methoxy groups -OCH3 is 1. The summed E-state index contributed by atoms with van der Waals surface area (Å²) in [5, 5.41) is 11.0. The molecule has 2 rings (SSSR count). The largest absolute Gasteiger partial charge is 0.494 e. The highest BCUT2D eigenvalue weighted by Crippen LogP contribution is 2.29. The summed E-state index contributed by atoms with van der Waals surface area (Å²) in [7, 11) is 2.93. The van der Waals surface area contributed by atoms with Crippen molar-refractivity contribution in [2.45, 2.75) is 6.54 Å². The monoisotopic (exact) mass is 308 g/mol. The first-order valence-corrected chi connectivity index (χ1v) is 6.40. The van der Waals surface area contributed by atoms with Crippen molar-refractivity contribution < 1.29 is 18.4 Å². The number of anilines is 1. The molecule has 0 aromatic heterocycles. The van der Waals surface area contributed by atoms with Crippen molar-refractivity contribution in [3.63, 3.8) is 0 Å². The molecular weight excluding hydrogens is 294 g/mol. The van der Waals surface area contributed by atoms with E-state index in [4.69, 9.17) is 4.74 Å². The molecule has 5 nitrogen and oxygen atoms in total. The van der Waals surface area contributed by atoms with Gasteiger partial charge in [0.25, 0.3) is 5.69 Å². The van der Waals surface area contributed by atoms with Crippen LogP contribution in [-0.4, -0.2) is 19.1 Å². The highest BCUT2D eigenvalue weighted by molar-refractivity contribution is 5.63. The van der Waals surface area contributed by atoms with Crippen molar-refractivity contribution in [2.75, 3.05) is 19.1 Å². The fourth-order valence-corrected chi connectivity index (χ4v) is 2.12. The topological polar surface area (TPSA) is 55.6 Å². The Kier molecular flexibility index (Phi) is 4.55. The number of rotatable bonds is 5. The molecule has 0 atom stereocenters. The Hall–Kier alpha value is -2.70. The molecule has 0 saturated heterocycles. The summed E-state index contributed by atoms with van der Waals surface area (Å²) in [4.78, 5) is 11.9. The van der Waals surface area contributed by atoms with Gasteiger partial charge in [0.1, 0.15) is 11.5 Å². The molecule has 116 valence electrons. The Balaban J connectivity index is 2.29. The van der Waals surface area contributed by atoms with Crippen LogP contribution in [0.15, 0.2) is 36.4 Å². The number of nitrogens with zero attached hydrogens (tertiary/aromatic N) is 2. The van der Waals surface area contributed by atoms with Crippen LogP contribution in [0.2, 0.25) is 0 Å². The van der Waals surface area contributed by atoms with Crippen LogP contribution in [0, 0.1) is 21.7 Å².